The Hall–Kier alpha value is -2.77. The first-order valence-corrected chi connectivity index (χ1v) is 13.0. The molecule has 36 heavy (non-hydrogen) atoms. The van der Waals surface area contributed by atoms with Crippen molar-refractivity contribution in [3.8, 4) is 11.5 Å². The van der Waals surface area contributed by atoms with E-state index < -0.39 is 5.60 Å². The van der Waals surface area contributed by atoms with Crippen molar-refractivity contribution < 1.29 is 19.0 Å². The number of fused-ring (bicyclic) bond motifs is 1. The second kappa shape index (κ2) is 11.5. The maximum Gasteiger partial charge on any atom is 0.410 e. The van der Waals surface area contributed by atoms with Gasteiger partial charge in [0.15, 0.2) is 0 Å². The first-order chi connectivity index (χ1) is 17.2. The Balaban J connectivity index is 1.25. The molecule has 1 atom stereocenters. The van der Waals surface area contributed by atoms with Crippen molar-refractivity contribution in [3.05, 3.63) is 59.2 Å². The fourth-order valence-corrected chi connectivity index (χ4v) is 4.99. The van der Waals surface area contributed by atoms with Crippen LogP contribution in [0.1, 0.15) is 49.8 Å². The summed E-state index contributed by atoms with van der Waals surface area (Å²) in [6.07, 6.45) is 0.746. The van der Waals surface area contributed by atoms with Gasteiger partial charge < -0.3 is 24.0 Å². The van der Waals surface area contributed by atoms with Crippen molar-refractivity contribution >= 4 is 6.09 Å². The lowest BCUT2D eigenvalue weighted by atomic mass is 9.84. The van der Waals surface area contributed by atoms with E-state index in [1.807, 2.05) is 37.8 Å². The predicted molar refractivity (Wildman–Crippen MR) is 142 cm³/mol. The van der Waals surface area contributed by atoms with Crippen LogP contribution in [0.3, 0.4) is 0 Å². The number of nitrogens with zero attached hydrogens (tertiary/aromatic N) is 3. The number of likely N-dealkylation sites (N-methyl/N-ethyl adjacent to an activating group) is 1. The quantitative estimate of drug-likeness (QED) is 0.524. The predicted octanol–water partition coefficient (Wildman–Crippen LogP) is 4.59. The van der Waals surface area contributed by atoms with Crippen LogP contribution in [0.5, 0.6) is 11.5 Å². The van der Waals surface area contributed by atoms with Crippen molar-refractivity contribution in [2.75, 3.05) is 60.0 Å². The van der Waals surface area contributed by atoms with Crippen LogP contribution in [0, 0.1) is 0 Å². The van der Waals surface area contributed by atoms with Gasteiger partial charge in [0.2, 0.25) is 0 Å². The zero-order valence-corrected chi connectivity index (χ0v) is 22.5. The first kappa shape index (κ1) is 26.3. The molecule has 0 radical (unpaired) electrons. The van der Waals surface area contributed by atoms with Crippen LogP contribution in [0.4, 0.5) is 4.79 Å². The van der Waals surface area contributed by atoms with E-state index >= 15 is 0 Å². The van der Waals surface area contributed by atoms with Crippen LogP contribution in [-0.4, -0.2) is 86.4 Å². The van der Waals surface area contributed by atoms with E-state index in [1.54, 1.807) is 7.11 Å². The fourth-order valence-electron chi connectivity index (χ4n) is 4.99. The summed E-state index contributed by atoms with van der Waals surface area (Å²) in [6.45, 7) is 12.5. The van der Waals surface area contributed by atoms with Gasteiger partial charge in [-0.15, -0.1) is 0 Å². The third-order valence-electron chi connectivity index (χ3n) is 6.85. The molecule has 0 spiro atoms. The molecule has 2 aromatic rings. The molecule has 0 N–H and O–H groups in total. The Morgan fingerprint density at radius 1 is 1.00 bits per heavy atom. The summed E-state index contributed by atoms with van der Waals surface area (Å²) in [5.41, 5.74) is 3.58. The van der Waals surface area contributed by atoms with E-state index in [4.69, 9.17) is 14.2 Å². The molecule has 2 heterocycles. The van der Waals surface area contributed by atoms with Gasteiger partial charge in [0.25, 0.3) is 0 Å². The lowest BCUT2D eigenvalue weighted by Crippen LogP contribution is -2.50. The molecule has 0 bridgehead atoms. The SMILES string of the molecule is COc1ccc(C2CN(C)Cc3cc(OCCCN4CCN(C(=O)OC(C)(C)C)CC4)ccc32)cc1. The monoisotopic (exact) mass is 495 g/mol. The second-order valence-electron chi connectivity index (χ2n) is 10.9. The Kier molecular flexibility index (Phi) is 8.42. The van der Waals surface area contributed by atoms with Crippen LogP contribution in [0.15, 0.2) is 42.5 Å². The van der Waals surface area contributed by atoms with Crippen molar-refractivity contribution in [2.24, 2.45) is 0 Å². The molecule has 0 saturated carbocycles. The lowest BCUT2D eigenvalue weighted by Gasteiger charge is -2.35. The third kappa shape index (κ3) is 6.92. The minimum Gasteiger partial charge on any atom is -0.497 e. The molecular weight excluding hydrogens is 454 g/mol. The Morgan fingerprint density at radius 3 is 2.36 bits per heavy atom. The molecule has 7 nitrogen and oxygen atoms in total. The molecule has 2 aliphatic rings. The lowest BCUT2D eigenvalue weighted by molar-refractivity contribution is 0.0142. The molecule has 0 aromatic heterocycles. The molecule has 196 valence electrons. The van der Waals surface area contributed by atoms with Gasteiger partial charge in [0.05, 0.1) is 13.7 Å². The van der Waals surface area contributed by atoms with Crippen molar-refractivity contribution in [2.45, 2.75) is 45.3 Å². The van der Waals surface area contributed by atoms with Crippen molar-refractivity contribution in [1.29, 1.82) is 0 Å². The summed E-state index contributed by atoms with van der Waals surface area (Å²) in [6, 6.07) is 15.0. The standard InChI is InChI=1S/C29H41N3O4/c1-29(2,3)36-28(33)32-16-14-31(15-17-32)13-6-18-35-25-11-12-26-23(19-25)20-30(4)21-27(26)22-7-9-24(34-5)10-8-22/h7-12,19,27H,6,13-18,20-21H2,1-5H3. The van der Waals surface area contributed by atoms with Gasteiger partial charge in [-0.1, -0.05) is 18.2 Å². The number of methoxy groups -OCH3 is 1. The van der Waals surface area contributed by atoms with Crippen LogP contribution in [0.25, 0.3) is 0 Å². The minimum absolute atomic E-state index is 0.210. The number of hydrogen-bond donors (Lipinski definition) is 0. The van der Waals surface area contributed by atoms with Gasteiger partial charge in [-0.25, -0.2) is 4.79 Å². The molecule has 1 unspecified atom stereocenters. The summed E-state index contributed by atoms with van der Waals surface area (Å²) in [5, 5.41) is 0. The molecule has 2 aliphatic heterocycles. The van der Waals surface area contributed by atoms with Crippen molar-refractivity contribution in [3.63, 3.8) is 0 Å². The Labute approximate surface area is 215 Å². The van der Waals surface area contributed by atoms with Crippen LogP contribution in [-0.2, 0) is 11.3 Å². The molecule has 1 amide bonds. The molecular formula is C29H41N3O4. The second-order valence-corrected chi connectivity index (χ2v) is 10.9. The molecule has 2 aromatic carbocycles. The van der Waals surface area contributed by atoms with Crippen LogP contribution in [0.2, 0.25) is 0 Å². The summed E-state index contributed by atoms with van der Waals surface area (Å²) >= 11 is 0. The highest BCUT2D eigenvalue weighted by Gasteiger charge is 2.26. The van der Waals surface area contributed by atoms with Gasteiger partial charge in [-0.05, 0) is 75.2 Å². The summed E-state index contributed by atoms with van der Waals surface area (Å²) in [7, 11) is 3.88. The molecule has 7 heteroatoms. The van der Waals surface area contributed by atoms with Gasteiger partial charge in [-0.2, -0.15) is 0 Å². The van der Waals surface area contributed by atoms with E-state index in [2.05, 4.69) is 47.2 Å². The fraction of sp³-hybridized carbons (Fsp3) is 0.552. The molecule has 0 aliphatic carbocycles. The number of carbonyl (C=O) groups is 1. The maximum atomic E-state index is 12.2. The normalized spacial score (nSPS) is 19.0. The largest absolute Gasteiger partial charge is 0.497 e. The smallest absolute Gasteiger partial charge is 0.410 e. The average Bonchev–Trinajstić information content (AvgIpc) is 2.85. The third-order valence-corrected chi connectivity index (χ3v) is 6.85. The number of piperazine rings is 1. The number of carbonyl (C=O) groups excluding carboxylic acids is 1. The number of hydrogen-bond acceptors (Lipinski definition) is 6. The van der Waals surface area contributed by atoms with Crippen molar-refractivity contribution in [1.82, 2.24) is 14.7 Å². The zero-order chi connectivity index (χ0) is 25.7. The van der Waals surface area contributed by atoms with E-state index in [9.17, 15) is 4.79 Å². The number of amides is 1. The highest BCUT2D eigenvalue weighted by atomic mass is 16.6. The molecule has 1 fully saturated rings. The van der Waals surface area contributed by atoms with E-state index in [1.165, 1.54) is 16.7 Å². The Bertz CT molecular complexity index is 1010. The summed E-state index contributed by atoms with van der Waals surface area (Å²) in [5.74, 6) is 2.17. The first-order valence-electron chi connectivity index (χ1n) is 13.0. The number of ether oxygens (including phenoxy) is 3. The molecule has 4 rings (SSSR count). The topological polar surface area (TPSA) is 54.5 Å². The van der Waals surface area contributed by atoms with Gasteiger partial charge in [-0.3, -0.25) is 4.90 Å². The van der Waals surface area contributed by atoms with E-state index in [0.29, 0.717) is 25.6 Å². The minimum atomic E-state index is -0.450. The molecule has 1 saturated heterocycles. The summed E-state index contributed by atoms with van der Waals surface area (Å²) < 4.78 is 17.0. The van der Waals surface area contributed by atoms with Crippen LogP contribution < -0.4 is 9.47 Å². The van der Waals surface area contributed by atoms with Gasteiger partial charge in [0.1, 0.15) is 17.1 Å². The number of benzene rings is 2. The van der Waals surface area contributed by atoms with Gasteiger partial charge in [0, 0.05) is 51.7 Å². The highest BCUT2D eigenvalue weighted by molar-refractivity contribution is 5.68. The summed E-state index contributed by atoms with van der Waals surface area (Å²) in [4.78, 5) is 18.8. The average molecular weight is 496 g/mol. The number of rotatable bonds is 7. The zero-order valence-electron chi connectivity index (χ0n) is 22.5. The van der Waals surface area contributed by atoms with Crippen LogP contribution >= 0.6 is 0 Å². The highest BCUT2D eigenvalue weighted by Crippen LogP contribution is 2.35. The maximum absolute atomic E-state index is 12.2. The van der Waals surface area contributed by atoms with Gasteiger partial charge >= 0.3 is 6.09 Å². The van der Waals surface area contributed by atoms with E-state index in [-0.39, 0.29) is 6.09 Å². The van der Waals surface area contributed by atoms with E-state index in [0.717, 1.165) is 50.6 Å². The Morgan fingerprint density at radius 2 is 1.69 bits per heavy atom.